The molecule has 4 amide bonds. The van der Waals surface area contributed by atoms with Gasteiger partial charge >= 0.3 is 0 Å². The molecule has 302 valence electrons. The van der Waals surface area contributed by atoms with Crippen molar-refractivity contribution in [3.05, 3.63) is 128 Å². The Hall–Kier alpha value is -5.21. The van der Waals surface area contributed by atoms with Crippen LogP contribution >= 0.6 is 23.2 Å². The Balaban J connectivity index is 0.00000279. The molecule has 0 aromatic heterocycles. The van der Waals surface area contributed by atoms with Crippen molar-refractivity contribution in [2.45, 2.75) is 88.8 Å². The Labute approximate surface area is 349 Å². The van der Waals surface area contributed by atoms with Crippen LogP contribution in [0.15, 0.2) is 78.9 Å². The number of carbonyl (C=O) groups excluding carboxylic acids is 4. The van der Waals surface area contributed by atoms with Crippen molar-refractivity contribution in [1.82, 2.24) is 15.5 Å². The molecule has 4 N–H and O–H groups in total. The third kappa shape index (κ3) is 8.92. The monoisotopic (exact) mass is 823 g/mol. The molecular formula is C46H48Cl2FN5O4. The first-order valence-electron chi connectivity index (χ1n) is 19.9. The maximum absolute atomic E-state index is 16.0. The first kappa shape index (κ1) is 42.4. The summed E-state index contributed by atoms with van der Waals surface area (Å²) in [6, 6.07) is 21.4. The zero-order valence-corrected chi connectivity index (χ0v) is 34.4. The second-order valence-electron chi connectivity index (χ2n) is 14.7. The van der Waals surface area contributed by atoms with Gasteiger partial charge in [-0.3, -0.25) is 24.5 Å². The predicted octanol–water partition coefficient (Wildman–Crippen LogP) is 9.06. The summed E-state index contributed by atoms with van der Waals surface area (Å²) in [5, 5.41) is 12.8. The van der Waals surface area contributed by atoms with Gasteiger partial charge in [0.05, 0.1) is 11.1 Å². The second kappa shape index (κ2) is 19.0. The summed E-state index contributed by atoms with van der Waals surface area (Å²) >= 11 is 12.7. The van der Waals surface area contributed by atoms with Crippen LogP contribution < -0.4 is 21.3 Å². The lowest BCUT2D eigenvalue weighted by Gasteiger charge is -2.41. The number of hydrogen-bond acceptors (Lipinski definition) is 5. The number of amides is 4. The Morgan fingerprint density at radius 2 is 1.72 bits per heavy atom. The molecule has 2 unspecified atom stereocenters. The van der Waals surface area contributed by atoms with Crippen LogP contribution in [0.25, 0.3) is 0 Å². The van der Waals surface area contributed by atoms with Crippen LogP contribution in [0.1, 0.15) is 114 Å². The van der Waals surface area contributed by atoms with E-state index in [1.54, 1.807) is 60.5 Å². The molecule has 58 heavy (non-hydrogen) atoms. The zero-order valence-electron chi connectivity index (χ0n) is 32.9. The number of carbonyl (C=O) groups is 4. The SMILES string of the molecule is CC.CN1Cc2c(C#CCCCNC(=O)c3ccc(NC(=O)C4NC5(CCCCC5)C(c5ccc(Cl)cc5NC=O)[C@H]4c4cccc(Cl)c4F)cc3)cccc2C1=O. The Bertz CT molecular complexity index is 2230. The quantitative estimate of drug-likeness (QED) is 0.0723. The number of fused-ring (bicyclic) bond motifs is 1. The Morgan fingerprint density at radius 3 is 2.47 bits per heavy atom. The van der Waals surface area contributed by atoms with Crippen molar-refractivity contribution < 1.29 is 23.6 Å². The molecule has 1 spiro atoms. The minimum atomic E-state index is -0.872. The van der Waals surface area contributed by atoms with Crippen molar-refractivity contribution in [2.24, 2.45) is 0 Å². The van der Waals surface area contributed by atoms with Crippen molar-refractivity contribution in [3.63, 3.8) is 0 Å². The molecule has 3 atom stereocenters. The second-order valence-corrected chi connectivity index (χ2v) is 15.5. The molecule has 1 aliphatic carbocycles. The fourth-order valence-electron chi connectivity index (χ4n) is 8.66. The molecule has 1 saturated carbocycles. The lowest BCUT2D eigenvalue weighted by molar-refractivity contribution is -0.118. The number of rotatable bonds is 10. The molecule has 2 heterocycles. The van der Waals surface area contributed by atoms with E-state index in [1.165, 1.54) is 6.07 Å². The van der Waals surface area contributed by atoms with E-state index in [0.29, 0.717) is 65.4 Å². The highest BCUT2D eigenvalue weighted by molar-refractivity contribution is 6.31. The third-order valence-electron chi connectivity index (χ3n) is 11.2. The topological polar surface area (TPSA) is 120 Å². The van der Waals surface area contributed by atoms with Gasteiger partial charge in [0.2, 0.25) is 12.3 Å². The van der Waals surface area contributed by atoms with Crippen LogP contribution in [0.5, 0.6) is 0 Å². The van der Waals surface area contributed by atoms with Crippen LogP contribution in [0, 0.1) is 17.7 Å². The molecule has 0 bridgehead atoms. The molecule has 9 nitrogen and oxygen atoms in total. The number of anilines is 2. The molecule has 4 aromatic rings. The van der Waals surface area contributed by atoms with E-state index < -0.39 is 29.2 Å². The van der Waals surface area contributed by atoms with E-state index in [1.807, 2.05) is 38.1 Å². The lowest BCUT2D eigenvalue weighted by atomic mass is 9.66. The summed E-state index contributed by atoms with van der Waals surface area (Å²) < 4.78 is 16.0. The average Bonchev–Trinajstić information content (AvgIpc) is 3.71. The van der Waals surface area contributed by atoms with Crippen molar-refractivity contribution >= 4 is 58.7 Å². The number of unbranched alkanes of at least 4 members (excludes halogenated alkanes) is 1. The molecule has 7 rings (SSSR count). The Kier molecular flexibility index (Phi) is 13.9. The van der Waals surface area contributed by atoms with Crippen LogP contribution in [0.2, 0.25) is 10.0 Å². The molecule has 3 aliphatic rings. The maximum atomic E-state index is 16.0. The minimum Gasteiger partial charge on any atom is -0.352 e. The number of benzene rings is 4. The first-order chi connectivity index (χ1) is 28.1. The summed E-state index contributed by atoms with van der Waals surface area (Å²) in [7, 11) is 1.78. The van der Waals surface area contributed by atoms with Crippen molar-refractivity contribution in [2.75, 3.05) is 24.2 Å². The summed E-state index contributed by atoms with van der Waals surface area (Å²) in [6.45, 7) is 4.97. The predicted molar refractivity (Wildman–Crippen MR) is 228 cm³/mol. The first-order valence-corrected chi connectivity index (χ1v) is 20.6. The number of hydrogen-bond donors (Lipinski definition) is 4. The highest BCUT2D eigenvalue weighted by Gasteiger charge is 2.57. The normalized spacial score (nSPS) is 19.0. The van der Waals surface area contributed by atoms with Crippen LogP contribution in [0.3, 0.4) is 0 Å². The number of halogens is 3. The molecular weight excluding hydrogens is 776 g/mol. The van der Waals surface area contributed by atoms with Crippen LogP contribution in [-0.4, -0.2) is 54.2 Å². The smallest absolute Gasteiger partial charge is 0.254 e. The van der Waals surface area contributed by atoms with Gasteiger partial charge < -0.3 is 20.9 Å². The van der Waals surface area contributed by atoms with Gasteiger partial charge in [0, 0.05) is 77.0 Å². The standard InChI is InChI=1S/C44H42Cl2FN5O4.C2H6/c1-52-25-34-27(11-8-12-31(34)43(52)56)10-4-2-7-23-48-41(54)28-15-18-30(19-16-28)50-42(55)40-37(33-13-9-14-35(46)39(33)47)38(44(51-40)21-5-3-6-22-44)32-20-17-29(45)24-36(32)49-26-53;1-2/h8-9,11-20,24,26,37-38,40,51H,2-3,5-7,21-23,25H2,1H3,(H,48,54)(H,49,53)(H,50,55);1-2H3/t37-,38?,40?;/m1./s1. The summed E-state index contributed by atoms with van der Waals surface area (Å²) in [5.74, 6) is 4.01. The highest BCUT2D eigenvalue weighted by atomic mass is 35.5. The van der Waals surface area contributed by atoms with Crippen molar-refractivity contribution in [1.29, 1.82) is 0 Å². The van der Waals surface area contributed by atoms with Gasteiger partial charge in [0.25, 0.3) is 11.8 Å². The largest absolute Gasteiger partial charge is 0.352 e. The highest BCUT2D eigenvalue weighted by Crippen LogP contribution is 2.56. The third-order valence-corrected chi connectivity index (χ3v) is 11.8. The van der Waals surface area contributed by atoms with Crippen LogP contribution in [-0.2, 0) is 16.1 Å². The van der Waals surface area contributed by atoms with Gasteiger partial charge in [-0.05, 0) is 90.6 Å². The average molecular weight is 825 g/mol. The van der Waals surface area contributed by atoms with E-state index in [9.17, 15) is 19.2 Å². The van der Waals surface area contributed by atoms with Gasteiger partial charge in [-0.2, -0.15) is 0 Å². The van der Waals surface area contributed by atoms with Gasteiger partial charge in [-0.15, -0.1) is 0 Å². The van der Waals surface area contributed by atoms with E-state index in [4.69, 9.17) is 23.2 Å². The van der Waals surface area contributed by atoms with Crippen molar-refractivity contribution in [3.8, 4) is 11.8 Å². The van der Waals surface area contributed by atoms with E-state index in [0.717, 1.165) is 48.8 Å². The van der Waals surface area contributed by atoms with Gasteiger partial charge in [-0.25, -0.2) is 4.39 Å². The number of nitrogens with one attached hydrogen (secondary N) is 4. The zero-order chi connectivity index (χ0) is 41.4. The summed E-state index contributed by atoms with van der Waals surface area (Å²) in [6.07, 6.45) is 6.17. The molecule has 12 heteroatoms. The van der Waals surface area contributed by atoms with Gasteiger partial charge in [0.15, 0.2) is 0 Å². The molecule has 2 aliphatic heterocycles. The fourth-order valence-corrected chi connectivity index (χ4v) is 9.02. The molecule has 0 radical (unpaired) electrons. The summed E-state index contributed by atoms with van der Waals surface area (Å²) in [5.41, 5.74) is 4.38. The van der Waals surface area contributed by atoms with E-state index in [-0.39, 0.29) is 22.7 Å². The maximum Gasteiger partial charge on any atom is 0.254 e. The lowest BCUT2D eigenvalue weighted by Crippen LogP contribution is -2.50. The van der Waals surface area contributed by atoms with Gasteiger partial charge in [-0.1, -0.05) is 92.4 Å². The van der Waals surface area contributed by atoms with Gasteiger partial charge in [0.1, 0.15) is 5.82 Å². The van der Waals surface area contributed by atoms with Crippen LogP contribution in [0.4, 0.5) is 15.8 Å². The minimum absolute atomic E-state index is 0.00638. The molecule has 4 aromatic carbocycles. The van der Waals surface area contributed by atoms with E-state index in [2.05, 4.69) is 33.1 Å². The fraction of sp³-hybridized carbons (Fsp3) is 0.348. The van der Waals surface area contributed by atoms with E-state index >= 15 is 4.39 Å². The molecule has 1 saturated heterocycles. The molecule has 2 fully saturated rings. The number of nitrogens with zero attached hydrogens (tertiary/aromatic N) is 1. The summed E-state index contributed by atoms with van der Waals surface area (Å²) in [4.78, 5) is 53.0. The Morgan fingerprint density at radius 1 is 0.983 bits per heavy atom.